The molecule has 3 atom stereocenters. The Hall–Kier alpha value is -2.78. The first-order valence-corrected chi connectivity index (χ1v) is 21.9. The summed E-state index contributed by atoms with van der Waals surface area (Å²) in [6.45, 7) is 11.7. The van der Waals surface area contributed by atoms with Crippen LogP contribution in [-0.4, -0.2) is 11.3 Å². The molecule has 0 radical (unpaired) electrons. The van der Waals surface area contributed by atoms with Crippen molar-refractivity contribution in [1.82, 2.24) is 0 Å². The summed E-state index contributed by atoms with van der Waals surface area (Å²) < 4.78 is 0. The fourth-order valence-corrected chi connectivity index (χ4v) is 16.2. The van der Waals surface area contributed by atoms with E-state index in [9.17, 15) is 0 Å². The third-order valence-corrected chi connectivity index (χ3v) is 17.1. The molecule has 2 unspecified atom stereocenters. The zero-order valence-corrected chi connectivity index (χ0v) is 36.1. The zero-order valence-electron chi connectivity index (χ0n) is 33.2. The van der Waals surface area contributed by atoms with Crippen LogP contribution >= 0.6 is 15.8 Å². The summed E-state index contributed by atoms with van der Waals surface area (Å²) in [7, 11) is -1.14. The van der Waals surface area contributed by atoms with Gasteiger partial charge >= 0.3 is 17.1 Å². The quantitative estimate of drug-likeness (QED) is 0.0860. The third-order valence-electron chi connectivity index (χ3n) is 11.2. The molecule has 3 heteroatoms. The van der Waals surface area contributed by atoms with Crippen molar-refractivity contribution >= 4 is 58.6 Å². The molecule has 0 bridgehead atoms. The normalized spacial score (nSPS) is 17.1. The van der Waals surface area contributed by atoms with Gasteiger partial charge in [0.1, 0.15) is 0 Å². The largest absolute Gasteiger partial charge is 2.00 e. The molecule has 6 aromatic rings. The SMILES string of the molecule is C1CCCC1.Cc1cc(C)cc(P(c2cc(C)cc(C)c2)[C@@H](C)C2CCCC2P(c2cccc3ccccc23)c2cccc3ccccc23)c1.[CH3-].[CH3-].[Fe+2]. The first-order valence-electron chi connectivity index (χ1n) is 19.1. The Morgan fingerprint density at radius 1 is 0.491 bits per heavy atom. The van der Waals surface area contributed by atoms with Crippen LogP contribution < -0.4 is 21.2 Å². The van der Waals surface area contributed by atoms with Crippen LogP contribution in [0.1, 0.15) is 80.5 Å². The molecule has 0 saturated heterocycles. The van der Waals surface area contributed by atoms with Gasteiger partial charge in [-0.2, -0.15) is 0 Å². The number of benzene rings is 6. The van der Waals surface area contributed by atoms with E-state index in [2.05, 4.69) is 156 Å². The van der Waals surface area contributed by atoms with Gasteiger partial charge in [-0.05, 0) is 116 Å². The van der Waals surface area contributed by atoms with E-state index >= 15 is 0 Å². The van der Waals surface area contributed by atoms with E-state index < -0.39 is 15.8 Å². The van der Waals surface area contributed by atoms with Crippen LogP contribution in [0, 0.1) is 48.5 Å². The number of hydrogen-bond donors (Lipinski definition) is 0. The summed E-state index contributed by atoms with van der Waals surface area (Å²) in [6.07, 6.45) is 11.4. The maximum atomic E-state index is 2.61. The Bertz CT molecular complexity index is 1890. The Balaban J connectivity index is 0.000000726. The summed E-state index contributed by atoms with van der Waals surface area (Å²) in [5.74, 6) is 0.654. The van der Waals surface area contributed by atoms with E-state index in [-0.39, 0.29) is 31.9 Å². The summed E-state index contributed by atoms with van der Waals surface area (Å²) >= 11 is 0. The van der Waals surface area contributed by atoms with Crippen molar-refractivity contribution in [3.63, 3.8) is 0 Å². The Morgan fingerprint density at radius 3 is 1.32 bits per heavy atom. The van der Waals surface area contributed by atoms with Gasteiger partial charge in [0, 0.05) is 0 Å². The number of aryl methyl sites for hydroxylation is 4. The van der Waals surface area contributed by atoms with Gasteiger partial charge < -0.3 is 14.9 Å². The molecule has 0 aromatic heterocycles. The summed E-state index contributed by atoms with van der Waals surface area (Å²) in [5, 5.41) is 11.8. The van der Waals surface area contributed by atoms with Crippen molar-refractivity contribution in [2.24, 2.45) is 5.92 Å². The van der Waals surface area contributed by atoms with E-state index in [1.54, 1.807) is 21.2 Å². The molecule has 2 aliphatic rings. The molecule has 0 aliphatic heterocycles. The Morgan fingerprint density at radius 2 is 0.887 bits per heavy atom. The summed E-state index contributed by atoms with van der Waals surface area (Å²) in [5.41, 5.74) is 6.73. The molecule has 2 fully saturated rings. The first-order chi connectivity index (χ1) is 24.4. The number of rotatable bonds is 7. The molecule has 0 N–H and O–H groups in total. The fourth-order valence-electron chi connectivity index (χ4n) is 9.05. The third kappa shape index (κ3) is 9.73. The average molecular weight is 779 g/mol. The van der Waals surface area contributed by atoms with E-state index in [1.807, 2.05) is 0 Å². The number of fused-ring (bicyclic) bond motifs is 2. The van der Waals surface area contributed by atoms with Gasteiger partial charge in [-0.25, -0.2) is 0 Å². The van der Waals surface area contributed by atoms with E-state index in [4.69, 9.17) is 0 Å². The van der Waals surface area contributed by atoms with Gasteiger partial charge in [-0.1, -0.05) is 189 Å². The van der Waals surface area contributed by atoms with Gasteiger partial charge in [0.25, 0.3) is 0 Å². The second-order valence-electron chi connectivity index (χ2n) is 15.1. The van der Waals surface area contributed by atoms with Crippen molar-refractivity contribution in [1.29, 1.82) is 0 Å². The average Bonchev–Trinajstić information content (AvgIpc) is 3.85. The predicted octanol–water partition coefficient (Wildman–Crippen LogP) is 13.2. The van der Waals surface area contributed by atoms with Gasteiger partial charge in [-0.3, -0.25) is 0 Å². The Kier molecular flexibility index (Phi) is 16.0. The maximum absolute atomic E-state index is 2.61. The van der Waals surface area contributed by atoms with Crippen molar-refractivity contribution < 1.29 is 17.1 Å². The number of hydrogen-bond acceptors (Lipinski definition) is 0. The maximum Gasteiger partial charge on any atom is 2.00 e. The van der Waals surface area contributed by atoms with Crippen LogP contribution in [0.5, 0.6) is 0 Å². The van der Waals surface area contributed by atoms with Crippen LogP contribution in [0.3, 0.4) is 0 Å². The molecule has 8 rings (SSSR count). The molecule has 0 amide bonds. The smallest absolute Gasteiger partial charge is 0.358 e. The van der Waals surface area contributed by atoms with Gasteiger partial charge in [0.2, 0.25) is 0 Å². The topological polar surface area (TPSA) is 0 Å². The van der Waals surface area contributed by atoms with Gasteiger partial charge in [-0.15, -0.1) is 0 Å². The summed E-state index contributed by atoms with van der Waals surface area (Å²) in [6, 6.07) is 47.0. The Labute approximate surface area is 335 Å². The van der Waals surface area contributed by atoms with E-state index in [0.717, 1.165) is 0 Å². The first kappa shape index (κ1) is 43.0. The van der Waals surface area contributed by atoms with Crippen molar-refractivity contribution in [3.8, 4) is 0 Å². The molecule has 0 spiro atoms. The van der Waals surface area contributed by atoms with Crippen LogP contribution in [-0.2, 0) is 17.1 Å². The molecule has 6 aromatic carbocycles. The van der Waals surface area contributed by atoms with Gasteiger partial charge in [0.15, 0.2) is 0 Å². The molecule has 278 valence electrons. The van der Waals surface area contributed by atoms with E-state index in [1.165, 1.54) is 95.2 Å². The van der Waals surface area contributed by atoms with Crippen LogP contribution in [0.2, 0.25) is 0 Å². The van der Waals surface area contributed by atoms with Crippen molar-refractivity contribution in [3.05, 3.63) is 158 Å². The van der Waals surface area contributed by atoms with Gasteiger partial charge in [0.05, 0.1) is 0 Å². The minimum atomic E-state index is -0.600. The molecule has 0 heterocycles. The molecule has 2 aliphatic carbocycles. The van der Waals surface area contributed by atoms with Crippen molar-refractivity contribution in [2.45, 2.75) is 97.3 Å². The minimum absolute atomic E-state index is 0. The molecule has 53 heavy (non-hydrogen) atoms. The fraction of sp³-hybridized carbons (Fsp3) is 0.320. The van der Waals surface area contributed by atoms with Crippen LogP contribution in [0.25, 0.3) is 21.5 Å². The van der Waals surface area contributed by atoms with Crippen LogP contribution in [0.15, 0.2) is 121 Å². The molecule has 2 saturated carbocycles. The van der Waals surface area contributed by atoms with Crippen LogP contribution in [0.4, 0.5) is 0 Å². The van der Waals surface area contributed by atoms with Crippen molar-refractivity contribution in [2.75, 3.05) is 0 Å². The molecular formula is C50H60FeP2. The minimum Gasteiger partial charge on any atom is -0.358 e. The molecular weight excluding hydrogens is 718 g/mol. The molecule has 0 nitrogen and oxygen atoms in total. The zero-order chi connectivity index (χ0) is 34.6. The monoisotopic (exact) mass is 778 g/mol. The van der Waals surface area contributed by atoms with E-state index in [0.29, 0.717) is 17.2 Å². The second-order valence-corrected chi connectivity index (χ2v) is 20.1. The standard InChI is InChI=1S/C43H44P2.C5H10.2CH3.Fe/c1-29-23-30(2)26-36(25-29)44(37-27-31(3)24-32(4)28-37)33(5)38-19-12-22-41(38)45(42-20-10-15-34-13-6-8-17-39(34)42)43-21-11-16-35-14-7-9-18-40(35)43;1-2-4-5-3-1;;;/h6-11,13-18,20-21,23-28,33,38,41H,12,19,22H2,1-5H3;1-5H2;2*1H3;/q;;2*-1;+2/t33-,38?,41?;;;;/m0..../s1. The second kappa shape index (κ2) is 19.7. The summed E-state index contributed by atoms with van der Waals surface area (Å²) in [4.78, 5) is 0. The predicted molar refractivity (Wildman–Crippen MR) is 239 cm³/mol.